The number of amides is 1. The van der Waals surface area contributed by atoms with E-state index in [9.17, 15) is 13.2 Å². The van der Waals surface area contributed by atoms with E-state index >= 15 is 0 Å². The first-order chi connectivity index (χ1) is 16.3. The van der Waals surface area contributed by atoms with Crippen molar-refractivity contribution in [3.63, 3.8) is 0 Å². The first-order valence-electron chi connectivity index (χ1n) is 11.1. The third-order valence-corrected chi connectivity index (χ3v) is 8.49. The molecule has 0 radical (unpaired) electrons. The summed E-state index contributed by atoms with van der Waals surface area (Å²) in [6, 6.07) is 14.8. The predicted molar refractivity (Wildman–Crippen MR) is 135 cm³/mol. The van der Waals surface area contributed by atoms with Crippen LogP contribution in [0.15, 0.2) is 58.8 Å². The summed E-state index contributed by atoms with van der Waals surface area (Å²) in [4.78, 5) is 21.8. The van der Waals surface area contributed by atoms with Crippen LogP contribution in [0.5, 0.6) is 0 Å². The fourth-order valence-electron chi connectivity index (χ4n) is 3.81. The summed E-state index contributed by atoms with van der Waals surface area (Å²) in [5, 5.41) is 5.33. The number of hydrogen-bond donors (Lipinski definition) is 1. The lowest BCUT2D eigenvalue weighted by molar-refractivity contribution is -0.116. The molecule has 0 aliphatic carbocycles. The van der Waals surface area contributed by atoms with Crippen LogP contribution >= 0.6 is 11.3 Å². The van der Waals surface area contributed by atoms with E-state index in [0.717, 1.165) is 16.8 Å². The van der Waals surface area contributed by atoms with E-state index in [2.05, 4.69) is 15.3 Å². The molecule has 178 valence electrons. The zero-order valence-electron chi connectivity index (χ0n) is 19.4. The molecule has 2 aromatic carbocycles. The smallest absolute Gasteiger partial charge is 0.243 e. The molecule has 0 aliphatic rings. The molecule has 4 aromatic rings. The van der Waals surface area contributed by atoms with Crippen molar-refractivity contribution in [3.05, 3.63) is 59.7 Å². The fourth-order valence-corrected chi connectivity index (χ4v) is 6.02. The summed E-state index contributed by atoms with van der Waals surface area (Å²) in [7, 11) is -1.69. The van der Waals surface area contributed by atoms with Gasteiger partial charge in [0.15, 0.2) is 5.13 Å². The minimum absolute atomic E-state index is 0.147. The Morgan fingerprint density at radius 2 is 1.82 bits per heavy atom. The number of nitrogens with zero attached hydrogens (tertiary/aromatic N) is 4. The second kappa shape index (κ2) is 10.0. The molecule has 0 fully saturated rings. The van der Waals surface area contributed by atoms with Crippen LogP contribution in [-0.2, 0) is 28.3 Å². The van der Waals surface area contributed by atoms with E-state index in [0.29, 0.717) is 36.0 Å². The number of imidazole rings is 1. The molecule has 0 bridgehead atoms. The van der Waals surface area contributed by atoms with Crippen molar-refractivity contribution in [1.29, 1.82) is 0 Å². The number of aromatic nitrogens is 3. The van der Waals surface area contributed by atoms with Crippen molar-refractivity contribution in [2.75, 3.05) is 18.4 Å². The molecule has 0 atom stereocenters. The average molecular weight is 498 g/mol. The highest BCUT2D eigenvalue weighted by atomic mass is 32.2. The third kappa shape index (κ3) is 4.89. The number of benzene rings is 2. The molecule has 1 N–H and O–H groups in total. The summed E-state index contributed by atoms with van der Waals surface area (Å²) < 4.78 is 29.0. The van der Waals surface area contributed by atoms with E-state index in [1.165, 1.54) is 15.6 Å². The summed E-state index contributed by atoms with van der Waals surface area (Å²) in [5.41, 5.74) is 3.24. The van der Waals surface area contributed by atoms with Gasteiger partial charge in [-0.3, -0.25) is 4.79 Å². The molecule has 10 heteroatoms. The zero-order chi connectivity index (χ0) is 24.3. The number of anilines is 1. The Morgan fingerprint density at radius 1 is 1.09 bits per heavy atom. The number of thiazole rings is 1. The van der Waals surface area contributed by atoms with Crippen LogP contribution in [0.3, 0.4) is 0 Å². The molecule has 2 heterocycles. The quantitative estimate of drug-likeness (QED) is 0.372. The van der Waals surface area contributed by atoms with Gasteiger partial charge in [-0.1, -0.05) is 44.2 Å². The Balaban J connectivity index is 1.45. The standard InChI is InChI=1S/C24H27N5O3S2/c1-4-29(5-2)34(31,32)18-11-12-21-19(15-18)25-22(28(21)3)13-14-23(30)27-24-26-20(16-33-24)17-9-7-6-8-10-17/h6-12,15-16H,4-5,13-14H2,1-3H3,(H,26,27,30). The minimum Gasteiger partial charge on any atom is -0.331 e. The number of hydrogen-bond acceptors (Lipinski definition) is 6. The SMILES string of the molecule is CCN(CC)S(=O)(=O)c1ccc2c(c1)nc(CCC(=O)Nc1nc(-c3ccccc3)cs1)n2C. The Hall–Kier alpha value is -3.08. The monoisotopic (exact) mass is 497 g/mol. The number of aryl methyl sites for hydroxylation is 2. The number of carbonyl (C=O) groups excluding carboxylic acids is 1. The van der Waals surface area contributed by atoms with Crippen molar-refractivity contribution in [2.45, 2.75) is 31.6 Å². The van der Waals surface area contributed by atoms with Gasteiger partial charge in [0.1, 0.15) is 5.82 Å². The topological polar surface area (TPSA) is 97.2 Å². The highest BCUT2D eigenvalue weighted by molar-refractivity contribution is 7.89. The van der Waals surface area contributed by atoms with E-state index in [1.807, 2.05) is 61.2 Å². The number of rotatable bonds is 9. The summed E-state index contributed by atoms with van der Waals surface area (Å²) >= 11 is 1.39. The maximum absolute atomic E-state index is 12.8. The van der Waals surface area contributed by atoms with Crippen LogP contribution in [0, 0.1) is 0 Å². The highest BCUT2D eigenvalue weighted by Gasteiger charge is 2.23. The normalized spacial score (nSPS) is 11.9. The van der Waals surface area contributed by atoms with E-state index in [-0.39, 0.29) is 17.2 Å². The van der Waals surface area contributed by atoms with Gasteiger partial charge < -0.3 is 9.88 Å². The lowest BCUT2D eigenvalue weighted by Crippen LogP contribution is -2.30. The fraction of sp³-hybridized carbons (Fsp3) is 0.292. The van der Waals surface area contributed by atoms with E-state index in [1.54, 1.807) is 18.2 Å². The first-order valence-corrected chi connectivity index (χ1v) is 13.4. The van der Waals surface area contributed by atoms with Crippen molar-refractivity contribution in [3.8, 4) is 11.3 Å². The summed E-state index contributed by atoms with van der Waals surface area (Å²) in [5.74, 6) is 0.567. The summed E-state index contributed by atoms with van der Waals surface area (Å²) in [6.45, 7) is 4.45. The van der Waals surface area contributed by atoms with Crippen molar-refractivity contribution < 1.29 is 13.2 Å². The van der Waals surface area contributed by atoms with Gasteiger partial charge in [0, 0.05) is 43.9 Å². The number of sulfonamides is 1. The maximum atomic E-state index is 12.8. The van der Waals surface area contributed by atoms with Crippen molar-refractivity contribution >= 4 is 43.4 Å². The Morgan fingerprint density at radius 3 is 2.53 bits per heavy atom. The second-order valence-electron chi connectivity index (χ2n) is 7.78. The molecule has 0 unspecified atom stereocenters. The van der Waals surface area contributed by atoms with Gasteiger partial charge in [0.05, 0.1) is 21.6 Å². The largest absolute Gasteiger partial charge is 0.331 e. The zero-order valence-corrected chi connectivity index (χ0v) is 21.0. The van der Waals surface area contributed by atoms with Crippen LogP contribution in [0.2, 0.25) is 0 Å². The van der Waals surface area contributed by atoms with Gasteiger partial charge in [-0.05, 0) is 18.2 Å². The molecule has 0 aliphatic heterocycles. The van der Waals surface area contributed by atoms with Crippen LogP contribution in [0.1, 0.15) is 26.1 Å². The number of fused-ring (bicyclic) bond motifs is 1. The lowest BCUT2D eigenvalue weighted by atomic mass is 10.2. The number of nitrogens with one attached hydrogen (secondary N) is 1. The van der Waals surface area contributed by atoms with Crippen molar-refractivity contribution in [1.82, 2.24) is 18.8 Å². The first kappa shape index (κ1) is 24.1. The van der Waals surface area contributed by atoms with Crippen LogP contribution in [-0.4, -0.2) is 46.3 Å². The molecule has 8 nitrogen and oxygen atoms in total. The molecule has 1 amide bonds. The minimum atomic E-state index is -3.56. The molecular weight excluding hydrogens is 470 g/mol. The maximum Gasteiger partial charge on any atom is 0.243 e. The number of carbonyl (C=O) groups is 1. The molecule has 34 heavy (non-hydrogen) atoms. The lowest BCUT2D eigenvalue weighted by Gasteiger charge is -2.18. The molecule has 0 spiro atoms. The predicted octanol–water partition coefficient (Wildman–Crippen LogP) is 4.30. The van der Waals surface area contributed by atoms with Gasteiger partial charge in [0.25, 0.3) is 0 Å². The Labute approximate surface area is 203 Å². The van der Waals surface area contributed by atoms with Crippen LogP contribution < -0.4 is 5.32 Å². The van der Waals surface area contributed by atoms with Crippen LogP contribution in [0.25, 0.3) is 22.3 Å². The second-order valence-corrected chi connectivity index (χ2v) is 10.6. The van der Waals surface area contributed by atoms with Gasteiger partial charge in [0.2, 0.25) is 15.9 Å². The highest BCUT2D eigenvalue weighted by Crippen LogP contribution is 2.25. The molecular formula is C24H27N5O3S2. The van der Waals surface area contributed by atoms with Crippen molar-refractivity contribution in [2.24, 2.45) is 7.05 Å². The Bertz CT molecular complexity index is 1410. The average Bonchev–Trinajstić information content (AvgIpc) is 3.43. The van der Waals surface area contributed by atoms with Gasteiger partial charge in [-0.15, -0.1) is 11.3 Å². The van der Waals surface area contributed by atoms with E-state index in [4.69, 9.17) is 0 Å². The molecule has 0 saturated carbocycles. The Kier molecular flexibility index (Phi) is 7.11. The van der Waals surface area contributed by atoms with Crippen LogP contribution in [0.4, 0.5) is 5.13 Å². The third-order valence-electron chi connectivity index (χ3n) is 5.68. The van der Waals surface area contributed by atoms with E-state index < -0.39 is 10.0 Å². The summed E-state index contributed by atoms with van der Waals surface area (Å²) in [6.07, 6.45) is 0.661. The molecule has 4 rings (SSSR count). The van der Waals surface area contributed by atoms with Gasteiger partial charge in [-0.2, -0.15) is 4.31 Å². The molecule has 2 aromatic heterocycles. The van der Waals surface area contributed by atoms with Gasteiger partial charge in [-0.25, -0.2) is 18.4 Å². The van der Waals surface area contributed by atoms with Gasteiger partial charge >= 0.3 is 0 Å². The molecule has 0 saturated heterocycles.